The average molecular weight is 732 g/mol. The highest BCUT2D eigenvalue weighted by molar-refractivity contribution is 6.35. The molecule has 6 rings (SSSR count). The maximum absolute atomic E-state index is 9.77. The molecule has 1 saturated heterocycles. The molecule has 2 fully saturated rings. The van der Waals surface area contributed by atoms with Crippen LogP contribution in [0, 0.1) is 18.3 Å². The van der Waals surface area contributed by atoms with E-state index in [1.54, 1.807) is 30.6 Å². The van der Waals surface area contributed by atoms with Crippen LogP contribution >= 0.6 is 23.2 Å². The summed E-state index contributed by atoms with van der Waals surface area (Å²) in [6, 6.07) is 13.5. The van der Waals surface area contributed by atoms with E-state index in [-0.39, 0.29) is 25.9 Å². The topological polar surface area (TPSA) is 120 Å². The van der Waals surface area contributed by atoms with E-state index < -0.39 is 5.54 Å². The molecule has 51 heavy (non-hydrogen) atoms. The number of aliphatic hydroxyl groups is 2. The molecule has 0 spiro atoms. The van der Waals surface area contributed by atoms with Gasteiger partial charge in [-0.2, -0.15) is 5.26 Å². The van der Waals surface area contributed by atoms with Crippen molar-refractivity contribution in [2.75, 3.05) is 32.8 Å². The summed E-state index contributed by atoms with van der Waals surface area (Å²) in [6.45, 7) is 5.81. The number of aliphatic imine (C=N–C) groups is 1. The number of aliphatic hydroxyl groups excluding tert-OH is 2. The number of hydrogen-bond donors (Lipinski definition) is 2. The minimum Gasteiger partial charge on any atom is -0.492 e. The smallest absolute Gasteiger partial charge is 0.142 e. The molecule has 0 amide bonds. The van der Waals surface area contributed by atoms with Gasteiger partial charge < -0.3 is 29.3 Å². The first-order valence-corrected chi connectivity index (χ1v) is 18.3. The van der Waals surface area contributed by atoms with Gasteiger partial charge in [-0.1, -0.05) is 41.4 Å². The number of β-amino-alcohol motifs (C(OH)–C–C–N with tert-alkyl or cyclic N) is 1. The number of likely N-dealkylation sites (tertiary alicyclic amines) is 1. The second kappa shape index (κ2) is 17.1. The molecule has 0 bridgehead atoms. The lowest BCUT2D eigenvalue weighted by molar-refractivity contribution is 0.172. The Kier molecular flexibility index (Phi) is 12.3. The molecule has 2 aliphatic carbocycles. The molecule has 2 aromatic carbocycles. The SMILES string of the molecule is Cc1c(COc2cc(OCc3cncc(C#N)c3)c(C=NC3(CO)CC3)cc2Cl)cccc1C1=C(Cl)C(OCCCCN2CC[C@@H](O)C2)=CCC1. The van der Waals surface area contributed by atoms with Crippen LogP contribution in [0.5, 0.6) is 11.5 Å². The van der Waals surface area contributed by atoms with Gasteiger partial charge in [-0.05, 0) is 98.9 Å². The Hall–Kier alpha value is -3.91. The van der Waals surface area contributed by atoms with Gasteiger partial charge in [-0.25, -0.2) is 0 Å². The molecule has 3 aromatic rings. The van der Waals surface area contributed by atoms with Crippen LogP contribution in [0.4, 0.5) is 0 Å². The number of nitriles is 1. The number of hydrogen-bond acceptors (Lipinski definition) is 9. The molecule has 0 radical (unpaired) electrons. The summed E-state index contributed by atoms with van der Waals surface area (Å²) >= 11 is 13.7. The molecule has 1 atom stereocenters. The van der Waals surface area contributed by atoms with Crippen LogP contribution in [0.1, 0.15) is 78.3 Å². The Morgan fingerprint density at radius 3 is 2.71 bits per heavy atom. The number of nitrogens with zero attached hydrogens (tertiary/aromatic N) is 4. The van der Waals surface area contributed by atoms with E-state index in [0.717, 1.165) is 98.2 Å². The Bertz CT molecular complexity index is 1850. The van der Waals surface area contributed by atoms with Gasteiger partial charge in [0.1, 0.15) is 36.5 Å². The van der Waals surface area contributed by atoms with E-state index in [1.165, 1.54) is 6.20 Å². The molecule has 268 valence electrons. The van der Waals surface area contributed by atoms with Crippen molar-refractivity contribution < 1.29 is 24.4 Å². The van der Waals surface area contributed by atoms with Crippen molar-refractivity contribution in [1.29, 1.82) is 5.26 Å². The Morgan fingerprint density at radius 2 is 1.94 bits per heavy atom. The van der Waals surface area contributed by atoms with Crippen molar-refractivity contribution in [3.05, 3.63) is 104 Å². The van der Waals surface area contributed by atoms with Crippen molar-refractivity contribution in [3.8, 4) is 17.6 Å². The molecular weight excluding hydrogens is 687 g/mol. The maximum atomic E-state index is 9.77. The minimum atomic E-state index is -0.440. The lowest BCUT2D eigenvalue weighted by Gasteiger charge is -2.21. The number of aromatic nitrogens is 1. The van der Waals surface area contributed by atoms with Gasteiger partial charge in [0, 0.05) is 48.9 Å². The lowest BCUT2D eigenvalue weighted by Crippen LogP contribution is -2.23. The highest BCUT2D eigenvalue weighted by Crippen LogP contribution is 2.41. The van der Waals surface area contributed by atoms with E-state index in [4.69, 9.17) is 37.4 Å². The van der Waals surface area contributed by atoms with Crippen LogP contribution in [0.2, 0.25) is 5.02 Å². The number of rotatable bonds is 16. The van der Waals surface area contributed by atoms with E-state index in [0.29, 0.717) is 39.3 Å². The third-order valence-corrected chi connectivity index (χ3v) is 10.4. The predicted molar refractivity (Wildman–Crippen MR) is 199 cm³/mol. The Labute approximate surface area is 309 Å². The molecule has 0 unspecified atom stereocenters. The van der Waals surface area contributed by atoms with Crippen LogP contribution in [0.3, 0.4) is 0 Å². The summed E-state index contributed by atoms with van der Waals surface area (Å²) in [6.07, 6.45) is 12.9. The third kappa shape index (κ3) is 9.50. The number of halogens is 2. The van der Waals surface area contributed by atoms with E-state index in [9.17, 15) is 15.5 Å². The molecule has 11 heteroatoms. The number of allylic oxidation sites excluding steroid dienone is 3. The first-order chi connectivity index (χ1) is 24.8. The molecular formula is C40H44Cl2N4O5. The molecule has 9 nitrogen and oxygen atoms in total. The van der Waals surface area contributed by atoms with Gasteiger partial charge in [0.25, 0.3) is 0 Å². The number of benzene rings is 2. The van der Waals surface area contributed by atoms with Crippen molar-refractivity contribution in [1.82, 2.24) is 9.88 Å². The normalized spacial score (nSPS) is 18.5. The first-order valence-electron chi connectivity index (χ1n) is 17.6. The van der Waals surface area contributed by atoms with Gasteiger partial charge in [0.15, 0.2) is 0 Å². The second-order valence-electron chi connectivity index (χ2n) is 13.5. The first kappa shape index (κ1) is 36.9. The van der Waals surface area contributed by atoms with E-state index >= 15 is 0 Å². The van der Waals surface area contributed by atoms with E-state index in [1.807, 2.05) is 12.1 Å². The molecule has 1 aromatic heterocycles. The zero-order valence-corrected chi connectivity index (χ0v) is 30.4. The van der Waals surface area contributed by atoms with Crippen molar-refractivity contribution in [2.45, 2.75) is 76.7 Å². The third-order valence-electron chi connectivity index (χ3n) is 9.71. The van der Waals surface area contributed by atoms with Crippen LogP contribution in [0.15, 0.2) is 70.7 Å². The summed E-state index contributed by atoms with van der Waals surface area (Å²) in [5, 5.41) is 29.9. The van der Waals surface area contributed by atoms with Crippen LogP contribution in [-0.4, -0.2) is 70.8 Å². The van der Waals surface area contributed by atoms with Crippen LogP contribution < -0.4 is 9.47 Å². The summed E-state index contributed by atoms with van der Waals surface area (Å²) in [5.41, 5.74) is 5.60. The van der Waals surface area contributed by atoms with Crippen molar-refractivity contribution >= 4 is 35.0 Å². The minimum absolute atomic E-state index is 0.0155. The summed E-state index contributed by atoms with van der Waals surface area (Å²) in [4.78, 5) is 11.1. The number of unbranched alkanes of at least 4 members (excludes halogenated alkanes) is 1. The predicted octanol–water partition coefficient (Wildman–Crippen LogP) is 7.51. The summed E-state index contributed by atoms with van der Waals surface area (Å²) in [7, 11) is 0. The lowest BCUT2D eigenvalue weighted by atomic mass is 9.91. The molecule has 1 aliphatic heterocycles. The second-order valence-corrected chi connectivity index (χ2v) is 14.3. The quantitative estimate of drug-likeness (QED) is 0.115. The number of pyridine rings is 1. The van der Waals surface area contributed by atoms with Gasteiger partial charge in [0.05, 0.1) is 40.5 Å². The van der Waals surface area contributed by atoms with Crippen molar-refractivity contribution in [2.24, 2.45) is 4.99 Å². The van der Waals surface area contributed by atoms with Crippen LogP contribution in [0.25, 0.3) is 5.57 Å². The fourth-order valence-electron chi connectivity index (χ4n) is 6.38. The zero-order chi connectivity index (χ0) is 35.8. The fraction of sp³-hybridized carbons (Fsp3) is 0.425. The van der Waals surface area contributed by atoms with Crippen LogP contribution in [-0.2, 0) is 18.0 Å². The largest absolute Gasteiger partial charge is 0.492 e. The molecule has 2 N–H and O–H groups in total. The summed E-state index contributed by atoms with van der Waals surface area (Å²) < 4.78 is 18.7. The fourth-order valence-corrected chi connectivity index (χ4v) is 6.94. The number of ether oxygens (including phenoxy) is 3. The van der Waals surface area contributed by atoms with Gasteiger partial charge in [0.2, 0.25) is 0 Å². The Morgan fingerprint density at radius 1 is 1.10 bits per heavy atom. The molecule has 1 saturated carbocycles. The highest BCUT2D eigenvalue weighted by Gasteiger charge is 2.41. The molecule has 3 aliphatic rings. The zero-order valence-electron chi connectivity index (χ0n) is 28.9. The monoisotopic (exact) mass is 730 g/mol. The van der Waals surface area contributed by atoms with Gasteiger partial charge in [-0.3, -0.25) is 9.98 Å². The highest BCUT2D eigenvalue weighted by atomic mass is 35.5. The standard InChI is InChI=1S/C40H44Cl2N4O5/c1-27-30(6-4-7-33(27)34-8-5-9-36(39(34)42)49-15-3-2-13-46-14-10-32(48)23-46)25-51-38-18-37(50-24-29-16-28(19-43)20-44-21-29)31(17-35(38)41)22-45-40(26-47)11-12-40/h4,6-7,9,16-18,20-22,32,47-48H,2-3,5,8,10-15,23-26H2,1H3/t32-/m1/s1. The Balaban J connectivity index is 1.13. The molecule has 2 heterocycles. The average Bonchev–Trinajstić information content (AvgIpc) is 3.81. The summed E-state index contributed by atoms with van der Waals surface area (Å²) in [5.74, 6) is 1.70. The van der Waals surface area contributed by atoms with Crippen molar-refractivity contribution in [3.63, 3.8) is 0 Å². The maximum Gasteiger partial charge on any atom is 0.142 e. The van der Waals surface area contributed by atoms with Gasteiger partial charge in [-0.15, -0.1) is 0 Å². The van der Waals surface area contributed by atoms with E-state index in [2.05, 4.69) is 40.0 Å². The van der Waals surface area contributed by atoms with Gasteiger partial charge >= 0.3 is 0 Å².